The molecule has 0 saturated heterocycles. The van der Waals surface area contributed by atoms with E-state index in [-0.39, 0.29) is 24.7 Å². The lowest BCUT2D eigenvalue weighted by Crippen LogP contribution is -2.21. The molecule has 0 aliphatic heterocycles. The minimum atomic E-state index is -0.942. The number of benzene rings is 2. The number of aliphatic carboxylic acids is 2. The number of rotatable bonds is 9. The maximum absolute atomic E-state index is 12.7. The van der Waals surface area contributed by atoms with Crippen molar-refractivity contribution in [2.75, 3.05) is 5.32 Å². The lowest BCUT2D eigenvalue weighted by atomic mass is 9.92. The van der Waals surface area contributed by atoms with E-state index in [1.165, 1.54) is 11.3 Å². The van der Waals surface area contributed by atoms with Crippen molar-refractivity contribution < 1.29 is 24.6 Å². The molecule has 1 heterocycles. The first-order valence-corrected chi connectivity index (χ1v) is 11.9. The highest BCUT2D eigenvalue weighted by Crippen LogP contribution is 2.36. The summed E-state index contributed by atoms with van der Waals surface area (Å²) in [5, 5.41) is 20.0. The van der Waals surface area contributed by atoms with Gasteiger partial charge >= 0.3 is 5.97 Å². The number of aliphatic imine (C=N–C) groups is 1. The van der Waals surface area contributed by atoms with Gasteiger partial charge in [0.1, 0.15) is 0 Å². The van der Waals surface area contributed by atoms with Crippen molar-refractivity contribution in [2.24, 2.45) is 16.5 Å². The average molecular weight is 512 g/mol. The van der Waals surface area contributed by atoms with Crippen LogP contribution in [-0.2, 0) is 20.8 Å². The summed E-state index contributed by atoms with van der Waals surface area (Å²) in [7, 11) is 0. The molecule has 0 bridgehead atoms. The van der Waals surface area contributed by atoms with Crippen LogP contribution in [0.5, 0.6) is 0 Å². The van der Waals surface area contributed by atoms with Crippen LogP contribution < -0.4 is 16.8 Å². The number of carbonyl (C=O) groups is 3. The van der Waals surface area contributed by atoms with Crippen molar-refractivity contribution in [1.82, 2.24) is 4.98 Å². The number of hydrogen-bond donors (Lipinski definition) is 5. The van der Waals surface area contributed by atoms with Crippen molar-refractivity contribution in [1.29, 1.82) is 0 Å². The van der Waals surface area contributed by atoms with Crippen molar-refractivity contribution in [3.05, 3.63) is 65.9 Å². The third-order valence-corrected chi connectivity index (χ3v) is 5.82. The van der Waals surface area contributed by atoms with Gasteiger partial charge in [0.2, 0.25) is 11.0 Å². The largest absolute Gasteiger partial charge is 0.481 e. The zero-order valence-corrected chi connectivity index (χ0v) is 20.8. The fourth-order valence-corrected chi connectivity index (χ4v) is 4.42. The van der Waals surface area contributed by atoms with Gasteiger partial charge in [-0.05, 0) is 29.7 Å². The number of nitrogens with one attached hydrogen (secondary N) is 1. The summed E-state index contributed by atoms with van der Waals surface area (Å²) in [6, 6.07) is 16.6. The third-order valence-electron chi connectivity index (χ3n) is 4.78. The van der Waals surface area contributed by atoms with E-state index >= 15 is 0 Å². The highest BCUT2D eigenvalue weighted by molar-refractivity contribution is 7.18. The Kier molecular flexibility index (Phi) is 10.6. The van der Waals surface area contributed by atoms with Crippen LogP contribution in [0, 0.1) is 0 Å². The van der Waals surface area contributed by atoms with E-state index in [1.54, 1.807) is 6.07 Å². The Balaban J connectivity index is 0.00000106. The van der Waals surface area contributed by atoms with Crippen molar-refractivity contribution in [2.45, 2.75) is 39.0 Å². The van der Waals surface area contributed by atoms with E-state index in [0.717, 1.165) is 28.6 Å². The number of anilines is 1. The Morgan fingerprint density at radius 3 is 2.31 bits per heavy atom. The van der Waals surface area contributed by atoms with Crippen LogP contribution in [0.1, 0.15) is 43.9 Å². The number of carboxylic acid groups (broad SMARTS) is 2. The van der Waals surface area contributed by atoms with E-state index in [0.29, 0.717) is 17.2 Å². The number of amides is 1. The Morgan fingerprint density at radius 1 is 1.06 bits per heavy atom. The molecule has 0 aliphatic rings. The first-order chi connectivity index (χ1) is 17.1. The molecule has 1 amide bonds. The highest BCUT2D eigenvalue weighted by Gasteiger charge is 2.20. The van der Waals surface area contributed by atoms with Gasteiger partial charge in [-0.3, -0.25) is 14.4 Å². The van der Waals surface area contributed by atoms with Crippen LogP contribution in [0.25, 0.3) is 10.4 Å². The zero-order valence-electron chi connectivity index (χ0n) is 20.0. The summed E-state index contributed by atoms with van der Waals surface area (Å²) >= 11 is 1.37. The number of guanidine groups is 1. The predicted molar refractivity (Wildman–Crippen MR) is 140 cm³/mol. The summed E-state index contributed by atoms with van der Waals surface area (Å²) in [5.41, 5.74) is 14.1. The monoisotopic (exact) mass is 511 g/mol. The van der Waals surface area contributed by atoms with Crippen molar-refractivity contribution in [3.63, 3.8) is 0 Å². The number of nitrogens with zero attached hydrogens (tertiary/aromatic N) is 2. The molecule has 1 unspecified atom stereocenters. The molecule has 36 heavy (non-hydrogen) atoms. The van der Waals surface area contributed by atoms with Gasteiger partial charge in [0.05, 0.1) is 17.0 Å². The second-order valence-electron chi connectivity index (χ2n) is 7.72. The molecule has 1 aromatic heterocycles. The average Bonchev–Trinajstić information content (AvgIpc) is 3.21. The molecule has 11 heteroatoms. The summed E-state index contributed by atoms with van der Waals surface area (Å²) < 4.78 is 0. The first kappa shape index (κ1) is 28.0. The molecule has 3 aromatic rings. The number of nitrogens with two attached hydrogens (primary N) is 2. The van der Waals surface area contributed by atoms with Gasteiger partial charge in [-0.15, -0.1) is 0 Å². The number of thiazole rings is 1. The molecule has 3 rings (SSSR count). The predicted octanol–water partition coefficient (Wildman–Crippen LogP) is 3.96. The summed E-state index contributed by atoms with van der Waals surface area (Å²) in [6.45, 7) is 3.08. The standard InChI is InChI=1S/C23H25N5O3S.C2H4O2/c1-2-18-21(32-23(27-18)28-22(24)25)15-9-6-10-17(11-15)26-19(29)12-16(13-20(30)31)14-7-4-3-5-8-14;1-2(3)4/h3-11,16H,2,12-13H2,1H3,(H,26,29)(H,30,31)(H4,24,25,27,28);1H3,(H,3,4). The number of aromatic nitrogens is 1. The normalized spacial score (nSPS) is 10.9. The molecule has 1 atom stereocenters. The summed E-state index contributed by atoms with van der Waals surface area (Å²) in [4.78, 5) is 42.4. The van der Waals surface area contributed by atoms with Gasteiger partial charge in [0.15, 0.2) is 5.96 Å². The van der Waals surface area contributed by atoms with Gasteiger partial charge < -0.3 is 27.0 Å². The Labute approximate surface area is 212 Å². The zero-order chi connectivity index (χ0) is 26.7. The molecular formula is C25H29N5O5S. The van der Waals surface area contributed by atoms with E-state index in [4.69, 9.17) is 21.4 Å². The van der Waals surface area contributed by atoms with Gasteiger partial charge in [-0.25, -0.2) is 4.98 Å². The van der Waals surface area contributed by atoms with Gasteiger partial charge in [-0.1, -0.05) is 60.7 Å². The van der Waals surface area contributed by atoms with Crippen LogP contribution in [0.2, 0.25) is 0 Å². The molecule has 7 N–H and O–H groups in total. The maximum atomic E-state index is 12.7. The molecule has 0 radical (unpaired) electrons. The number of carbonyl (C=O) groups excluding carboxylic acids is 1. The minimum absolute atomic E-state index is 0.0525. The van der Waals surface area contributed by atoms with Crippen LogP contribution in [0.15, 0.2) is 59.6 Å². The third kappa shape index (κ3) is 9.18. The second-order valence-corrected chi connectivity index (χ2v) is 8.70. The van der Waals surface area contributed by atoms with Crippen molar-refractivity contribution in [3.8, 4) is 10.4 Å². The molecule has 10 nitrogen and oxygen atoms in total. The van der Waals surface area contributed by atoms with Gasteiger partial charge in [0.25, 0.3) is 5.97 Å². The van der Waals surface area contributed by atoms with Crippen LogP contribution in [0.4, 0.5) is 10.8 Å². The van der Waals surface area contributed by atoms with Crippen LogP contribution in [0.3, 0.4) is 0 Å². The Morgan fingerprint density at radius 2 is 1.72 bits per heavy atom. The SMILES string of the molecule is CC(=O)O.CCc1nc(N=C(N)N)sc1-c1cccc(NC(=O)CC(CC(=O)O)c2ccccc2)c1. The fraction of sp³-hybridized carbons (Fsp3) is 0.240. The molecule has 0 aliphatic carbocycles. The van der Waals surface area contributed by atoms with Crippen LogP contribution in [-0.4, -0.2) is 39.0 Å². The summed E-state index contributed by atoms with van der Waals surface area (Å²) in [5.74, 6) is -2.49. The lowest BCUT2D eigenvalue weighted by molar-refractivity contribution is -0.137. The highest BCUT2D eigenvalue weighted by atomic mass is 32.1. The van der Waals surface area contributed by atoms with E-state index < -0.39 is 17.9 Å². The van der Waals surface area contributed by atoms with Gasteiger partial charge in [0, 0.05) is 24.9 Å². The number of carboxylic acids is 2. The van der Waals surface area contributed by atoms with Crippen LogP contribution >= 0.6 is 11.3 Å². The van der Waals surface area contributed by atoms with Crippen molar-refractivity contribution >= 4 is 46.0 Å². The minimum Gasteiger partial charge on any atom is -0.481 e. The maximum Gasteiger partial charge on any atom is 0.303 e. The topological polar surface area (TPSA) is 181 Å². The lowest BCUT2D eigenvalue weighted by Gasteiger charge is -2.15. The van der Waals surface area contributed by atoms with E-state index in [2.05, 4.69) is 15.3 Å². The molecule has 0 spiro atoms. The first-order valence-electron chi connectivity index (χ1n) is 11.0. The second kappa shape index (κ2) is 13.6. The van der Waals surface area contributed by atoms with E-state index in [9.17, 15) is 14.7 Å². The fourth-order valence-electron chi connectivity index (χ4n) is 3.38. The smallest absolute Gasteiger partial charge is 0.303 e. The number of hydrogen-bond acceptors (Lipinski definition) is 6. The Bertz CT molecular complexity index is 1220. The number of aryl methyl sites for hydroxylation is 1. The quantitative estimate of drug-likeness (QED) is 0.211. The summed E-state index contributed by atoms with van der Waals surface area (Å²) in [6.07, 6.45) is 0.651. The van der Waals surface area contributed by atoms with E-state index in [1.807, 2.05) is 55.5 Å². The molecule has 0 saturated carbocycles. The molecule has 190 valence electrons. The molecule has 2 aromatic carbocycles. The molecular weight excluding hydrogens is 482 g/mol. The van der Waals surface area contributed by atoms with Gasteiger partial charge in [-0.2, -0.15) is 4.99 Å². The molecule has 0 fully saturated rings. The Hall–Kier alpha value is -4.25.